The Bertz CT molecular complexity index is 855. The smallest absolute Gasteiger partial charge is 0.341 e. The van der Waals surface area contributed by atoms with E-state index in [9.17, 15) is 9.59 Å². The van der Waals surface area contributed by atoms with E-state index in [2.05, 4.69) is 10.5 Å². The van der Waals surface area contributed by atoms with Crippen LogP contribution in [0.5, 0.6) is 11.5 Å². The molecule has 7 nitrogen and oxygen atoms in total. The van der Waals surface area contributed by atoms with Gasteiger partial charge in [-0.25, -0.2) is 10.2 Å². The summed E-state index contributed by atoms with van der Waals surface area (Å²) < 4.78 is 10.2. The maximum Gasteiger partial charge on any atom is 0.341 e. The molecule has 0 saturated heterocycles. The molecule has 2 aromatic rings. The lowest BCUT2D eigenvalue weighted by Gasteiger charge is -2.09. The molecule has 0 saturated carbocycles. The molecule has 1 amide bonds. The Balaban J connectivity index is 2.04. The Kier molecular flexibility index (Phi) is 6.82. The number of hydrogen-bond acceptors (Lipinski definition) is 5. The van der Waals surface area contributed by atoms with Gasteiger partial charge in [0.25, 0.3) is 5.91 Å². The van der Waals surface area contributed by atoms with Gasteiger partial charge in [-0.2, -0.15) is 5.10 Å². The molecule has 2 aromatic carbocycles. The predicted octanol–water partition coefficient (Wildman–Crippen LogP) is 3.23. The number of carboxylic acid groups (broad SMARTS) is 1. The quantitative estimate of drug-likeness (QED) is 0.552. The molecule has 9 heteroatoms. The first kappa shape index (κ1) is 19.6. The maximum atomic E-state index is 12.0. The number of nitrogens with zero attached hydrogens (tertiary/aromatic N) is 1. The second-order valence-corrected chi connectivity index (χ2v) is 5.74. The first-order valence-electron chi connectivity index (χ1n) is 7.22. The molecule has 2 N–H and O–H groups in total. The van der Waals surface area contributed by atoms with Gasteiger partial charge in [-0.15, -0.1) is 0 Å². The maximum absolute atomic E-state index is 12.0. The van der Waals surface area contributed by atoms with Gasteiger partial charge in [0.15, 0.2) is 18.1 Å². The average molecular weight is 397 g/mol. The van der Waals surface area contributed by atoms with Crippen LogP contribution in [0.2, 0.25) is 10.0 Å². The fourth-order valence-corrected chi connectivity index (χ4v) is 2.19. The van der Waals surface area contributed by atoms with Crippen molar-refractivity contribution in [1.82, 2.24) is 5.43 Å². The zero-order chi connectivity index (χ0) is 19.1. The SMILES string of the molecule is COc1cc(/C=N\NC(=O)c2ccc(Cl)c(Cl)c2)ccc1OCC(=O)O. The zero-order valence-electron chi connectivity index (χ0n) is 13.5. The van der Waals surface area contributed by atoms with Crippen LogP contribution >= 0.6 is 23.2 Å². The Hall–Kier alpha value is -2.77. The van der Waals surface area contributed by atoms with Crippen molar-refractivity contribution in [3.63, 3.8) is 0 Å². The van der Waals surface area contributed by atoms with Crippen molar-refractivity contribution in [1.29, 1.82) is 0 Å². The molecule has 136 valence electrons. The number of halogens is 2. The first-order chi connectivity index (χ1) is 12.4. The third-order valence-electron chi connectivity index (χ3n) is 3.10. The second kappa shape index (κ2) is 9.07. The summed E-state index contributed by atoms with van der Waals surface area (Å²) in [7, 11) is 1.43. The summed E-state index contributed by atoms with van der Waals surface area (Å²) in [5.74, 6) is -0.922. The Morgan fingerprint density at radius 2 is 1.92 bits per heavy atom. The van der Waals surface area contributed by atoms with Crippen LogP contribution in [0.1, 0.15) is 15.9 Å². The third kappa shape index (κ3) is 5.37. The van der Waals surface area contributed by atoms with E-state index in [1.807, 2.05) is 0 Å². The lowest BCUT2D eigenvalue weighted by atomic mass is 10.2. The molecule has 0 aliphatic heterocycles. The van der Waals surface area contributed by atoms with Gasteiger partial charge in [0.2, 0.25) is 0 Å². The molecule has 0 bridgehead atoms. The lowest BCUT2D eigenvalue weighted by molar-refractivity contribution is -0.139. The topological polar surface area (TPSA) is 97.2 Å². The van der Waals surface area contributed by atoms with Crippen molar-refractivity contribution < 1.29 is 24.2 Å². The number of benzene rings is 2. The standard InChI is InChI=1S/C17H14Cl2N2O5/c1-25-15-6-10(2-5-14(15)26-9-16(22)23)8-20-21-17(24)11-3-4-12(18)13(19)7-11/h2-8H,9H2,1H3,(H,21,24)(H,22,23)/b20-8-. The molecule has 0 heterocycles. The van der Waals surface area contributed by atoms with Crippen LogP contribution in [0.25, 0.3) is 0 Å². The monoisotopic (exact) mass is 396 g/mol. The molecule has 0 fully saturated rings. The minimum Gasteiger partial charge on any atom is -0.493 e. The van der Waals surface area contributed by atoms with E-state index < -0.39 is 18.5 Å². The van der Waals surface area contributed by atoms with E-state index in [4.69, 9.17) is 37.8 Å². The van der Waals surface area contributed by atoms with E-state index in [-0.39, 0.29) is 10.8 Å². The lowest BCUT2D eigenvalue weighted by Crippen LogP contribution is -2.17. The Labute approximate surface area is 159 Å². The van der Waals surface area contributed by atoms with Crippen LogP contribution in [0.4, 0.5) is 0 Å². The summed E-state index contributed by atoms with van der Waals surface area (Å²) in [4.78, 5) is 22.6. The van der Waals surface area contributed by atoms with Crippen molar-refractivity contribution in [2.24, 2.45) is 5.10 Å². The van der Waals surface area contributed by atoms with E-state index in [1.54, 1.807) is 18.2 Å². The molecule has 0 atom stereocenters. The molecule has 0 unspecified atom stereocenters. The molecular weight excluding hydrogens is 383 g/mol. The van der Waals surface area contributed by atoms with Crippen LogP contribution in [0.15, 0.2) is 41.5 Å². The Morgan fingerprint density at radius 3 is 2.58 bits per heavy atom. The van der Waals surface area contributed by atoms with Crippen LogP contribution in [-0.2, 0) is 4.79 Å². The van der Waals surface area contributed by atoms with E-state index in [0.717, 1.165) is 0 Å². The molecule has 26 heavy (non-hydrogen) atoms. The van der Waals surface area contributed by atoms with Crippen molar-refractivity contribution in [3.8, 4) is 11.5 Å². The van der Waals surface area contributed by atoms with Gasteiger partial charge >= 0.3 is 5.97 Å². The number of hydrazone groups is 1. The molecular formula is C17H14Cl2N2O5. The predicted molar refractivity (Wildman–Crippen MR) is 97.6 cm³/mol. The first-order valence-corrected chi connectivity index (χ1v) is 7.97. The number of carbonyl (C=O) groups is 2. The highest BCUT2D eigenvalue weighted by Gasteiger charge is 2.08. The van der Waals surface area contributed by atoms with Gasteiger partial charge in [0.05, 0.1) is 23.4 Å². The number of rotatable bonds is 7. The summed E-state index contributed by atoms with van der Waals surface area (Å²) in [6.45, 7) is -0.483. The van der Waals surface area contributed by atoms with Gasteiger partial charge in [-0.05, 0) is 42.0 Å². The number of amides is 1. The summed E-state index contributed by atoms with van der Waals surface area (Å²) in [5, 5.41) is 13.1. The van der Waals surface area contributed by atoms with Gasteiger partial charge in [-0.3, -0.25) is 4.79 Å². The van der Waals surface area contributed by atoms with Gasteiger partial charge < -0.3 is 14.6 Å². The summed E-state index contributed by atoms with van der Waals surface area (Å²) >= 11 is 11.7. The zero-order valence-corrected chi connectivity index (χ0v) is 15.0. The van der Waals surface area contributed by atoms with Crippen LogP contribution < -0.4 is 14.9 Å². The van der Waals surface area contributed by atoms with E-state index >= 15 is 0 Å². The van der Waals surface area contributed by atoms with Crippen molar-refractivity contribution in [2.45, 2.75) is 0 Å². The van der Waals surface area contributed by atoms with Crippen LogP contribution in [-0.4, -0.2) is 36.9 Å². The molecule has 2 rings (SSSR count). The van der Waals surface area contributed by atoms with E-state index in [0.29, 0.717) is 21.9 Å². The average Bonchev–Trinajstić information content (AvgIpc) is 2.62. The number of nitrogens with one attached hydrogen (secondary N) is 1. The number of ether oxygens (including phenoxy) is 2. The number of hydrogen-bond donors (Lipinski definition) is 2. The van der Waals surface area contributed by atoms with Crippen molar-refractivity contribution >= 4 is 41.3 Å². The van der Waals surface area contributed by atoms with Crippen molar-refractivity contribution in [2.75, 3.05) is 13.7 Å². The summed E-state index contributed by atoms with van der Waals surface area (Å²) in [5.41, 5.74) is 3.29. The highest BCUT2D eigenvalue weighted by atomic mass is 35.5. The summed E-state index contributed by atoms with van der Waals surface area (Å²) in [6.07, 6.45) is 1.40. The number of carboxylic acids is 1. The minimum absolute atomic E-state index is 0.269. The van der Waals surface area contributed by atoms with Crippen LogP contribution in [0.3, 0.4) is 0 Å². The second-order valence-electron chi connectivity index (χ2n) is 4.92. The van der Waals surface area contributed by atoms with Gasteiger partial charge in [-0.1, -0.05) is 23.2 Å². The number of methoxy groups -OCH3 is 1. The molecule has 0 aromatic heterocycles. The molecule has 0 spiro atoms. The minimum atomic E-state index is -1.09. The van der Waals surface area contributed by atoms with Gasteiger partial charge in [0.1, 0.15) is 0 Å². The van der Waals surface area contributed by atoms with Gasteiger partial charge in [0, 0.05) is 5.56 Å². The molecule has 0 radical (unpaired) electrons. The fraction of sp³-hybridized carbons (Fsp3) is 0.118. The normalized spacial score (nSPS) is 10.6. The number of carbonyl (C=O) groups excluding carboxylic acids is 1. The van der Waals surface area contributed by atoms with Crippen LogP contribution in [0, 0.1) is 0 Å². The third-order valence-corrected chi connectivity index (χ3v) is 3.84. The number of aliphatic carboxylic acids is 1. The molecule has 0 aliphatic carbocycles. The fourth-order valence-electron chi connectivity index (χ4n) is 1.89. The highest BCUT2D eigenvalue weighted by Crippen LogP contribution is 2.27. The Morgan fingerprint density at radius 1 is 1.15 bits per heavy atom. The van der Waals surface area contributed by atoms with E-state index in [1.165, 1.54) is 31.5 Å². The molecule has 0 aliphatic rings. The van der Waals surface area contributed by atoms with Crippen molar-refractivity contribution in [3.05, 3.63) is 57.6 Å². The summed E-state index contributed by atoms with van der Waals surface area (Å²) in [6, 6.07) is 9.25. The largest absolute Gasteiger partial charge is 0.493 e. The highest BCUT2D eigenvalue weighted by molar-refractivity contribution is 6.42.